The highest BCUT2D eigenvalue weighted by atomic mass is 16.3. The summed E-state index contributed by atoms with van der Waals surface area (Å²) in [4.78, 5) is 0. The fraction of sp³-hybridized carbons (Fsp3) is 1.00. The van der Waals surface area contributed by atoms with E-state index < -0.39 is 0 Å². The molecule has 0 aromatic heterocycles. The van der Waals surface area contributed by atoms with Gasteiger partial charge in [0, 0.05) is 0 Å². The third kappa shape index (κ3) is 0.868. The van der Waals surface area contributed by atoms with E-state index in [1.165, 1.54) is 19.3 Å². The van der Waals surface area contributed by atoms with E-state index in [1.54, 1.807) is 0 Å². The van der Waals surface area contributed by atoms with Gasteiger partial charge in [-0.3, -0.25) is 0 Å². The molecule has 2 fully saturated rings. The second-order valence-corrected chi connectivity index (χ2v) is 4.76. The molecule has 11 heavy (non-hydrogen) atoms. The minimum absolute atomic E-state index is 0.0234. The lowest BCUT2D eigenvalue weighted by atomic mass is 9.46. The average molecular weight is 154 g/mol. The summed E-state index contributed by atoms with van der Waals surface area (Å²) in [6, 6.07) is 0. The Balaban J connectivity index is 2.04. The van der Waals surface area contributed by atoms with Crippen LogP contribution in [0.3, 0.4) is 0 Å². The third-order valence-corrected chi connectivity index (χ3v) is 3.80. The van der Waals surface area contributed by atoms with Crippen LogP contribution in [0.4, 0.5) is 0 Å². The van der Waals surface area contributed by atoms with Gasteiger partial charge in [0.15, 0.2) is 0 Å². The van der Waals surface area contributed by atoms with Gasteiger partial charge in [-0.25, -0.2) is 0 Å². The Morgan fingerprint density at radius 2 is 2.00 bits per heavy atom. The highest BCUT2D eigenvalue weighted by Gasteiger charge is 2.56. The summed E-state index contributed by atoms with van der Waals surface area (Å²) in [6.07, 6.45) is 5.28. The predicted octanol–water partition coefficient (Wildman–Crippen LogP) is 2.19. The lowest BCUT2D eigenvalue weighted by Gasteiger charge is -2.60. The van der Waals surface area contributed by atoms with Gasteiger partial charge in [0.2, 0.25) is 0 Å². The third-order valence-electron chi connectivity index (χ3n) is 3.80. The quantitative estimate of drug-likeness (QED) is 0.614. The second-order valence-electron chi connectivity index (χ2n) is 4.76. The Kier molecular flexibility index (Phi) is 1.54. The first-order valence-corrected chi connectivity index (χ1v) is 4.84. The smallest absolute Gasteiger partial charge is 0.0581 e. The fourth-order valence-electron chi connectivity index (χ4n) is 3.25. The monoisotopic (exact) mass is 154 g/mol. The average Bonchev–Trinajstić information content (AvgIpc) is 1.75. The van der Waals surface area contributed by atoms with Crippen molar-refractivity contribution in [3.8, 4) is 0 Å². The van der Waals surface area contributed by atoms with E-state index in [4.69, 9.17) is 0 Å². The van der Waals surface area contributed by atoms with Crippen LogP contribution in [0.5, 0.6) is 0 Å². The maximum atomic E-state index is 9.58. The maximum absolute atomic E-state index is 9.58. The van der Waals surface area contributed by atoms with Crippen LogP contribution in [-0.4, -0.2) is 11.2 Å². The Labute approximate surface area is 68.8 Å². The van der Waals surface area contributed by atoms with E-state index in [9.17, 15) is 5.11 Å². The first-order chi connectivity index (χ1) is 5.16. The molecule has 0 amide bonds. The van der Waals surface area contributed by atoms with Gasteiger partial charge in [-0.05, 0) is 36.5 Å². The van der Waals surface area contributed by atoms with Crippen molar-refractivity contribution in [1.82, 2.24) is 0 Å². The van der Waals surface area contributed by atoms with Crippen LogP contribution >= 0.6 is 0 Å². The Bertz CT molecular complexity index is 154. The van der Waals surface area contributed by atoms with Crippen LogP contribution in [0.2, 0.25) is 0 Å². The Morgan fingerprint density at radius 1 is 1.36 bits per heavy atom. The van der Waals surface area contributed by atoms with Crippen molar-refractivity contribution >= 4 is 0 Å². The van der Waals surface area contributed by atoms with E-state index in [-0.39, 0.29) is 6.10 Å². The molecule has 2 rings (SSSR count). The molecule has 0 bridgehead atoms. The molecule has 0 radical (unpaired) electrons. The van der Waals surface area contributed by atoms with Crippen molar-refractivity contribution < 1.29 is 5.11 Å². The molecule has 2 aliphatic rings. The van der Waals surface area contributed by atoms with Gasteiger partial charge in [-0.1, -0.05) is 20.3 Å². The molecular formula is C10H18O. The van der Waals surface area contributed by atoms with Crippen LogP contribution in [0.15, 0.2) is 0 Å². The lowest BCUT2D eigenvalue weighted by Crippen LogP contribution is -2.57. The minimum atomic E-state index is 0.0234. The molecule has 2 saturated carbocycles. The molecule has 1 heteroatoms. The van der Waals surface area contributed by atoms with Crippen LogP contribution < -0.4 is 0 Å². The van der Waals surface area contributed by atoms with E-state index in [2.05, 4.69) is 13.8 Å². The van der Waals surface area contributed by atoms with E-state index >= 15 is 0 Å². The number of rotatable bonds is 1. The Hall–Kier alpha value is -0.0400. The molecule has 0 heterocycles. The fourth-order valence-corrected chi connectivity index (χ4v) is 3.25. The van der Waals surface area contributed by atoms with Crippen LogP contribution in [0, 0.1) is 17.3 Å². The molecule has 2 atom stereocenters. The highest BCUT2D eigenvalue weighted by molar-refractivity contribution is 5.06. The topological polar surface area (TPSA) is 20.2 Å². The second kappa shape index (κ2) is 2.22. The van der Waals surface area contributed by atoms with Crippen LogP contribution in [-0.2, 0) is 0 Å². The SMILES string of the molecule is CC(C)C1C(O)CC12CCC2. The molecule has 0 saturated heterocycles. The Morgan fingerprint density at radius 3 is 2.18 bits per heavy atom. The van der Waals surface area contributed by atoms with Crippen molar-refractivity contribution in [1.29, 1.82) is 0 Å². The van der Waals surface area contributed by atoms with E-state index in [1.807, 2.05) is 0 Å². The zero-order valence-electron chi connectivity index (χ0n) is 7.51. The zero-order valence-corrected chi connectivity index (χ0v) is 7.51. The summed E-state index contributed by atoms with van der Waals surface area (Å²) in [6.45, 7) is 4.49. The summed E-state index contributed by atoms with van der Waals surface area (Å²) < 4.78 is 0. The largest absolute Gasteiger partial charge is 0.393 e. The molecule has 0 aromatic carbocycles. The van der Waals surface area contributed by atoms with Crippen molar-refractivity contribution in [3.05, 3.63) is 0 Å². The predicted molar refractivity (Wildman–Crippen MR) is 45.2 cm³/mol. The van der Waals surface area contributed by atoms with Gasteiger partial charge in [0.25, 0.3) is 0 Å². The number of aliphatic hydroxyl groups excluding tert-OH is 1. The van der Waals surface area contributed by atoms with Gasteiger partial charge in [0.1, 0.15) is 0 Å². The summed E-state index contributed by atoms with van der Waals surface area (Å²) in [5, 5.41) is 9.58. The van der Waals surface area contributed by atoms with E-state index in [0.717, 1.165) is 6.42 Å². The molecular weight excluding hydrogens is 136 g/mol. The molecule has 2 unspecified atom stereocenters. The van der Waals surface area contributed by atoms with Gasteiger partial charge < -0.3 is 5.11 Å². The normalized spacial score (nSPS) is 40.4. The molecule has 2 aliphatic carbocycles. The van der Waals surface area contributed by atoms with Crippen LogP contribution in [0.25, 0.3) is 0 Å². The maximum Gasteiger partial charge on any atom is 0.0581 e. The molecule has 0 aromatic rings. The van der Waals surface area contributed by atoms with Crippen molar-refractivity contribution in [3.63, 3.8) is 0 Å². The molecule has 1 spiro atoms. The first kappa shape index (κ1) is 7.60. The number of hydrogen-bond donors (Lipinski definition) is 1. The molecule has 1 N–H and O–H groups in total. The van der Waals surface area contributed by atoms with Gasteiger partial charge in [-0.2, -0.15) is 0 Å². The molecule has 0 aliphatic heterocycles. The summed E-state index contributed by atoms with van der Waals surface area (Å²) in [5.74, 6) is 1.30. The minimum Gasteiger partial charge on any atom is -0.393 e. The zero-order chi connectivity index (χ0) is 8.06. The standard InChI is InChI=1S/C10H18O/c1-7(2)9-8(11)6-10(9)4-3-5-10/h7-9,11H,3-6H2,1-2H3. The van der Waals surface area contributed by atoms with Crippen molar-refractivity contribution in [2.24, 2.45) is 17.3 Å². The van der Waals surface area contributed by atoms with Gasteiger partial charge >= 0.3 is 0 Å². The number of aliphatic hydroxyl groups is 1. The lowest BCUT2D eigenvalue weighted by molar-refractivity contribution is -0.170. The van der Waals surface area contributed by atoms with E-state index in [0.29, 0.717) is 17.3 Å². The highest BCUT2D eigenvalue weighted by Crippen LogP contribution is 2.61. The van der Waals surface area contributed by atoms with Crippen molar-refractivity contribution in [2.45, 2.75) is 45.6 Å². The van der Waals surface area contributed by atoms with Crippen LogP contribution in [0.1, 0.15) is 39.5 Å². The number of hydrogen-bond acceptors (Lipinski definition) is 1. The summed E-state index contributed by atoms with van der Waals surface area (Å²) >= 11 is 0. The molecule has 1 nitrogen and oxygen atoms in total. The summed E-state index contributed by atoms with van der Waals surface area (Å²) in [5.41, 5.74) is 0.605. The van der Waals surface area contributed by atoms with Crippen molar-refractivity contribution in [2.75, 3.05) is 0 Å². The van der Waals surface area contributed by atoms with Gasteiger partial charge in [0.05, 0.1) is 6.10 Å². The summed E-state index contributed by atoms with van der Waals surface area (Å²) in [7, 11) is 0. The van der Waals surface area contributed by atoms with Gasteiger partial charge in [-0.15, -0.1) is 0 Å². The first-order valence-electron chi connectivity index (χ1n) is 4.84. The molecule has 64 valence electrons.